The van der Waals surface area contributed by atoms with Crippen molar-refractivity contribution in [1.29, 1.82) is 5.26 Å². The van der Waals surface area contributed by atoms with Crippen molar-refractivity contribution in [2.75, 3.05) is 6.26 Å². The van der Waals surface area contributed by atoms with E-state index in [9.17, 15) is 17.2 Å². The third kappa shape index (κ3) is 4.03. The van der Waals surface area contributed by atoms with Crippen LogP contribution in [0.2, 0.25) is 0 Å². The average Bonchev–Trinajstić information content (AvgIpc) is 2.29. The molecule has 0 bridgehead atoms. The minimum atomic E-state index is -3.62. The summed E-state index contributed by atoms with van der Waals surface area (Å²) in [6.45, 7) is 0.197. The maximum absolute atomic E-state index is 12.2. The number of benzene rings is 1. The van der Waals surface area contributed by atoms with Crippen LogP contribution in [-0.4, -0.2) is 21.3 Å². The number of ether oxygens (including phenoxy) is 1. The van der Waals surface area contributed by atoms with E-state index in [4.69, 9.17) is 5.26 Å². The lowest BCUT2D eigenvalue weighted by Crippen LogP contribution is -2.05. The van der Waals surface area contributed by atoms with Gasteiger partial charge in [-0.15, -0.1) is 0 Å². The van der Waals surface area contributed by atoms with Gasteiger partial charge in [0, 0.05) is 6.26 Å². The van der Waals surface area contributed by atoms with Gasteiger partial charge in [0.05, 0.1) is 0 Å². The fraction of sp³-hybridized carbons (Fsp3) is 0.308. The highest BCUT2D eigenvalue weighted by Gasteiger charge is 2.14. The molecule has 0 N–H and O–H groups in total. The molecule has 4 nitrogen and oxygen atoms in total. The predicted molar refractivity (Wildman–Crippen MR) is 71.0 cm³/mol. The number of halogens is 2. The van der Waals surface area contributed by atoms with Crippen molar-refractivity contribution in [2.45, 2.75) is 20.5 Å². The van der Waals surface area contributed by atoms with Gasteiger partial charge in [-0.1, -0.05) is 0 Å². The molecule has 0 fully saturated rings. The van der Waals surface area contributed by atoms with Crippen LogP contribution >= 0.6 is 0 Å². The highest BCUT2D eigenvalue weighted by atomic mass is 32.2. The smallest absolute Gasteiger partial charge is 0.387 e. The zero-order valence-electron chi connectivity index (χ0n) is 11.1. The van der Waals surface area contributed by atoms with Crippen LogP contribution in [0.3, 0.4) is 0 Å². The molecule has 0 spiro atoms. The molecule has 0 radical (unpaired) electrons. The van der Waals surface area contributed by atoms with Gasteiger partial charge in [-0.25, -0.2) is 8.42 Å². The van der Waals surface area contributed by atoms with E-state index in [1.165, 1.54) is 18.2 Å². The van der Waals surface area contributed by atoms with Gasteiger partial charge in [0.25, 0.3) is 0 Å². The third-order valence-electron chi connectivity index (χ3n) is 2.50. The molecule has 20 heavy (non-hydrogen) atoms. The number of aryl methyl sites for hydroxylation is 2. The van der Waals surface area contributed by atoms with E-state index in [-0.39, 0.29) is 10.7 Å². The largest absolute Gasteiger partial charge is 0.434 e. The molecule has 1 aromatic rings. The Morgan fingerprint density at radius 1 is 1.35 bits per heavy atom. The zero-order chi connectivity index (χ0) is 15.5. The van der Waals surface area contributed by atoms with Gasteiger partial charge in [-0.05, 0) is 48.7 Å². The third-order valence-corrected chi connectivity index (χ3v) is 3.51. The lowest BCUT2D eigenvalue weighted by molar-refractivity contribution is -0.0507. The molecule has 0 aliphatic heterocycles. The summed E-state index contributed by atoms with van der Waals surface area (Å²) in [7, 11) is -3.62. The molecule has 0 aliphatic carbocycles. The molecule has 0 aromatic heterocycles. The quantitative estimate of drug-likeness (QED) is 0.802. The summed E-state index contributed by atoms with van der Waals surface area (Å²) >= 11 is 0. The molecule has 0 amide bonds. The molecule has 0 aliphatic rings. The summed E-state index contributed by atoms with van der Waals surface area (Å²) in [4.78, 5) is -0.390. The van der Waals surface area contributed by atoms with E-state index in [1.807, 2.05) is 0 Å². The van der Waals surface area contributed by atoms with Crippen LogP contribution in [0.1, 0.15) is 16.7 Å². The molecule has 7 heteroatoms. The second-order valence-electron chi connectivity index (χ2n) is 4.25. The summed E-state index contributed by atoms with van der Waals surface area (Å²) < 4.78 is 51.6. The van der Waals surface area contributed by atoms with Crippen LogP contribution in [0.5, 0.6) is 5.75 Å². The fourth-order valence-corrected chi connectivity index (χ4v) is 2.23. The topological polar surface area (TPSA) is 67.2 Å². The van der Waals surface area contributed by atoms with Crippen LogP contribution in [0.25, 0.3) is 6.08 Å². The van der Waals surface area contributed by atoms with Crippen molar-refractivity contribution in [3.05, 3.63) is 33.7 Å². The zero-order valence-corrected chi connectivity index (χ0v) is 12.0. The number of sulfone groups is 1. The number of hydrogen-bond donors (Lipinski definition) is 0. The van der Waals surface area contributed by atoms with Gasteiger partial charge in [-0.3, -0.25) is 0 Å². The van der Waals surface area contributed by atoms with Gasteiger partial charge in [0.1, 0.15) is 16.7 Å². The summed E-state index contributed by atoms with van der Waals surface area (Å²) in [5, 5.41) is 8.81. The predicted octanol–water partition coefficient (Wildman–Crippen LogP) is 2.81. The maximum atomic E-state index is 12.2. The first kappa shape index (κ1) is 16.1. The van der Waals surface area contributed by atoms with Crippen molar-refractivity contribution in [2.24, 2.45) is 0 Å². The second kappa shape index (κ2) is 6.01. The first-order chi connectivity index (χ1) is 9.15. The van der Waals surface area contributed by atoms with Crippen molar-refractivity contribution in [1.82, 2.24) is 0 Å². The molecule has 1 rings (SSSR count). The van der Waals surface area contributed by atoms with Crippen molar-refractivity contribution in [3.8, 4) is 11.8 Å². The standard InChI is InChI=1S/C13H13F2NO3S/c1-8-4-10(6-11(7-16)20(3,17)18)5-9(2)12(8)19-13(14)15/h4-6,13H,1-3H3/b11-6+. The van der Waals surface area contributed by atoms with Crippen LogP contribution in [0.4, 0.5) is 8.78 Å². The monoisotopic (exact) mass is 301 g/mol. The van der Waals surface area contributed by atoms with Crippen molar-refractivity contribution < 1.29 is 21.9 Å². The maximum Gasteiger partial charge on any atom is 0.387 e. The number of nitriles is 1. The fourth-order valence-electron chi connectivity index (χ4n) is 1.72. The van der Waals surface area contributed by atoms with Crippen molar-refractivity contribution in [3.63, 3.8) is 0 Å². The minimum Gasteiger partial charge on any atom is -0.434 e. The Kier molecular flexibility index (Phi) is 4.84. The number of rotatable bonds is 4. The summed E-state index contributed by atoms with van der Waals surface area (Å²) in [5.41, 5.74) is 1.30. The first-order valence-electron chi connectivity index (χ1n) is 5.53. The van der Waals surface area contributed by atoms with Crippen LogP contribution in [-0.2, 0) is 9.84 Å². The Morgan fingerprint density at radius 2 is 1.85 bits per heavy atom. The van der Waals surface area contributed by atoms with Gasteiger partial charge >= 0.3 is 6.61 Å². The van der Waals surface area contributed by atoms with Gasteiger partial charge in [0.15, 0.2) is 9.84 Å². The van der Waals surface area contributed by atoms with E-state index in [2.05, 4.69) is 4.74 Å². The second-order valence-corrected chi connectivity index (χ2v) is 6.24. The average molecular weight is 301 g/mol. The Morgan fingerprint density at radius 3 is 2.20 bits per heavy atom. The number of alkyl halides is 2. The van der Waals surface area contributed by atoms with Crippen molar-refractivity contribution >= 4 is 15.9 Å². The lowest BCUT2D eigenvalue weighted by atomic mass is 10.1. The van der Waals surface area contributed by atoms with E-state index in [0.29, 0.717) is 16.7 Å². The summed E-state index contributed by atoms with van der Waals surface area (Å²) in [6.07, 6.45) is 2.12. The normalized spacial score (nSPS) is 12.3. The highest BCUT2D eigenvalue weighted by Crippen LogP contribution is 2.27. The minimum absolute atomic E-state index is 0.0509. The SMILES string of the molecule is Cc1cc(/C=C(\C#N)S(C)(=O)=O)cc(C)c1OC(F)F. The lowest BCUT2D eigenvalue weighted by Gasteiger charge is -2.12. The van der Waals surface area contributed by atoms with E-state index in [1.54, 1.807) is 19.9 Å². The van der Waals surface area contributed by atoms with Crippen LogP contribution < -0.4 is 4.74 Å². The molecule has 108 valence electrons. The first-order valence-corrected chi connectivity index (χ1v) is 7.42. The molecule has 0 saturated carbocycles. The Bertz CT molecular complexity index is 665. The summed E-state index contributed by atoms with van der Waals surface area (Å²) in [5.74, 6) is 0.0509. The Balaban J connectivity index is 3.32. The molecule has 0 saturated heterocycles. The summed E-state index contributed by atoms with van der Waals surface area (Å²) in [6, 6.07) is 4.56. The molecule has 0 heterocycles. The Labute approximate surface area is 116 Å². The molecular weight excluding hydrogens is 288 g/mol. The number of allylic oxidation sites excluding steroid dienone is 1. The molecule has 1 aromatic carbocycles. The van der Waals surface area contributed by atoms with E-state index < -0.39 is 16.4 Å². The van der Waals surface area contributed by atoms with E-state index in [0.717, 1.165) is 6.26 Å². The molecule has 0 unspecified atom stereocenters. The van der Waals surface area contributed by atoms with Gasteiger partial charge < -0.3 is 4.74 Å². The Hall–Kier alpha value is -1.94. The molecule has 0 atom stereocenters. The van der Waals surface area contributed by atoms with Crippen LogP contribution in [0.15, 0.2) is 17.0 Å². The number of hydrogen-bond acceptors (Lipinski definition) is 4. The highest BCUT2D eigenvalue weighted by molar-refractivity contribution is 7.95. The number of nitrogens with zero attached hydrogens (tertiary/aromatic N) is 1. The van der Waals surface area contributed by atoms with Crippen LogP contribution in [0, 0.1) is 25.2 Å². The van der Waals surface area contributed by atoms with E-state index >= 15 is 0 Å². The molecular formula is C13H13F2NO3S. The van der Waals surface area contributed by atoms with Gasteiger partial charge in [0.2, 0.25) is 0 Å². The van der Waals surface area contributed by atoms with Gasteiger partial charge in [-0.2, -0.15) is 14.0 Å².